The van der Waals surface area contributed by atoms with Crippen LogP contribution < -0.4 is 10.2 Å². The van der Waals surface area contributed by atoms with Crippen molar-refractivity contribution in [3.63, 3.8) is 0 Å². The van der Waals surface area contributed by atoms with Gasteiger partial charge in [0.25, 0.3) is 0 Å². The average molecular weight is 393 g/mol. The van der Waals surface area contributed by atoms with Crippen LogP contribution in [-0.4, -0.2) is 21.5 Å². The van der Waals surface area contributed by atoms with E-state index < -0.39 is 0 Å². The zero-order valence-electron chi connectivity index (χ0n) is 16.0. The first-order valence-electron chi connectivity index (χ1n) is 9.52. The van der Waals surface area contributed by atoms with Crippen molar-refractivity contribution >= 4 is 38.7 Å². The minimum atomic E-state index is -0.138. The number of imidazole rings is 1. The lowest BCUT2D eigenvalue weighted by Crippen LogP contribution is -2.07. The van der Waals surface area contributed by atoms with Crippen LogP contribution in [0.25, 0.3) is 50.1 Å². The lowest BCUT2D eigenvalue weighted by Gasteiger charge is -2.09. The number of methoxy groups -OCH3 is 1. The van der Waals surface area contributed by atoms with Crippen LogP contribution in [0, 0.1) is 0 Å². The van der Waals surface area contributed by atoms with Crippen LogP contribution in [0.3, 0.4) is 0 Å². The maximum Gasteiger partial charge on any atom is 0.236 e. The van der Waals surface area contributed by atoms with Gasteiger partial charge in [0.1, 0.15) is 22.5 Å². The molecular weight excluding hydrogens is 378 g/mol. The zero-order valence-corrected chi connectivity index (χ0v) is 16.0. The number of fused-ring (bicyclic) bond motifs is 6. The van der Waals surface area contributed by atoms with Crippen molar-refractivity contribution in [2.24, 2.45) is 0 Å². The Hall–Kier alpha value is -4.19. The van der Waals surface area contributed by atoms with Crippen molar-refractivity contribution in [3.8, 4) is 17.1 Å². The van der Waals surface area contributed by atoms with Crippen molar-refractivity contribution < 1.29 is 9.15 Å². The first kappa shape index (κ1) is 16.7. The molecule has 0 N–H and O–H groups in total. The largest absolute Gasteiger partial charge is 0.497 e. The molecular formula is C24H15N3O3. The molecule has 0 unspecified atom stereocenters. The van der Waals surface area contributed by atoms with E-state index in [9.17, 15) is 4.79 Å². The molecule has 0 amide bonds. The summed E-state index contributed by atoms with van der Waals surface area (Å²) >= 11 is 0. The summed E-state index contributed by atoms with van der Waals surface area (Å²) in [5.74, 6) is 1.40. The molecule has 3 aromatic heterocycles. The zero-order chi connectivity index (χ0) is 20.2. The summed E-state index contributed by atoms with van der Waals surface area (Å²) in [7, 11) is 1.63. The monoisotopic (exact) mass is 393 g/mol. The molecule has 6 rings (SSSR count). The molecule has 0 aliphatic rings. The minimum absolute atomic E-state index is 0.138. The molecule has 0 radical (unpaired) electrons. The molecule has 0 bridgehead atoms. The van der Waals surface area contributed by atoms with Crippen molar-refractivity contribution in [2.75, 3.05) is 7.11 Å². The van der Waals surface area contributed by atoms with E-state index in [1.807, 2.05) is 65.1 Å². The second-order valence-corrected chi connectivity index (χ2v) is 7.03. The Morgan fingerprint density at radius 1 is 0.900 bits per heavy atom. The third kappa shape index (κ3) is 2.27. The second kappa shape index (κ2) is 6.15. The fourth-order valence-corrected chi connectivity index (χ4v) is 3.89. The molecule has 3 aromatic carbocycles. The normalized spacial score (nSPS) is 11.6. The van der Waals surface area contributed by atoms with Gasteiger partial charge in [0, 0.05) is 5.56 Å². The summed E-state index contributed by atoms with van der Waals surface area (Å²) in [5.41, 5.74) is 3.69. The predicted octanol–water partition coefficient (Wildman–Crippen LogP) is 4.82. The van der Waals surface area contributed by atoms with E-state index in [2.05, 4.69) is 0 Å². The Labute approximate surface area is 170 Å². The van der Waals surface area contributed by atoms with Crippen LogP contribution in [0.4, 0.5) is 0 Å². The fourth-order valence-electron chi connectivity index (χ4n) is 3.89. The minimum Gasteiger partial charge on any atom is -0.497 e. The number of hydrogen-bond donors (Lipinski definition) is 0. The Morgan fingerprint density at radius 3 is 2.50 bits per heavy atom. The van der Waals surface area contributed by atoms with Crippen LogP contribution in [0.5, 0.6) is 5.75 Å². The highest BCUT2D eigenvalue weighted by Gasteiger charge is 2.20. The highest BCUT2D eigenvalue weighted by molar-refractivity contribution is 6.00. The van der Waals surface area contributed by atoms with Gasteiger partial charge in [-0.3, -0.25) is 9.20 Å². The molecule has 0 spiro atoms. The Kier molecular flexibility index (Phi) is 3.43. The molecule has 0 saturated heterocycles. The topological polar surface area (TPSA) is 69.6 Å². The summed E-state index contributed by atoms with van der Waals surface area (Å²) in [4.78, 5) is 22.9. The molecule has 6 nitrogen and oxygen atoms in total. The number of nitrogens with zero attached hydrogens (tertiary/aromatic N) is 3. The maximum absolute atomic E-state index is 13.3. The number of para-hydroxylation sites is 3. The number of benzene rings is 3. The van der Waals surface area contributed by atoms with Crippen LogP contribution in [0.2, 0.25) is 0 Å². The van der Waals surface area contributed by atoms with Crippen molar-refractivity contribution in [2.45, 2.75) is 0 Å². The highest BCUT2D eigenvalue weighted by Crippen LogP contribution is 2.30. The van der Waals surface area contributed by atoms with E-state index in [0.717, 1.165) is 22.3 Å². The molecule has 144 valence electrons. The van der Waals surface area contributed by atoms with E-state index in [0.29, 0.717) is 27.8 Å². The van der Waals surface area contributed by atoms with Gasteiger partial charge >= 0.3 is 0 Å². The molecule has 0 fully saturated rings. The third-order valence-corrected chi connectivity index (χ3v) is 5.33. The van der Waals surface area contributed by atoms with Crippen molar-refractivity contribution in [3.05, 3.63) is 83.0 Å². The van der Waals surface area contributed by atoms with E-state index in [4.69, 9.17) is 19.1 Å². The third-order valence-electron chi connectivity index (χ3n) is 5.33. The number of ether oxygens (including phenoxy) is 1. The fraction of sp³-hybridized carbons (Fsp3) is 0.0417. The first-order valence-corrected chi connectivity index (χ1v) is 9.52. The quantitative estimate of drug-likeness (QED) is 0.395. The van der Waals surface area contributed by atoms with E-state index in [-0.39, 0.29) is 11.1 Å². The molecule has 0 saturated carbocycles. The maximum atomic E-state index is 13.3. The van der Waals surface area contributed by atoms with E-state index in [1.165, 1.54) is 0 Å². The summed E-state index contributed by atoms with van der Waals surface area (Å²) in [6.07, 6.45) is 0. The van der Waals surface area contributed by atoms with Crippen LogP contribution in [0.15, 0.2) is 82.0 Å². The molecule has 0 aliphatic carbocycles. The van der Waals surface area contributed by atoms with Crippen LogP contribution >= 0.6 is 0 Å². The van der Waals surface area contributed by atoms with Gasteiger partial charge in [-0.05, 0) is 48.5 Å². The van der Waals surface area contributed by atoms with Gasteiger partial charge in [-0.15, -0.1) is 0 Å². The van der Waals surface area contributed by atoms with Gasteiger partial charge in [-0.1, -0.05) is 24.3 Å². The summed E-state index contributed by atoms with van der Waals surface area (Å²) in [5, 5.41) is 0.889. The lowest BCUT2D eigenvalue weighted by atomic mass is 10.1. The Balaban J connectivity index is 1.84. The van der Waals surface area contributed by atoms with Crippen LogP contribution in [-0.2, 0) is 0 Å². The van der Waals surface area contributed by atoms with Gasteiger partial charge in [-0.2, -0.15) is 4.98 Å². The standard InChI is InChI=1S/C24H15N3O3/c1-29-15-12-10-14(11-13-15)22-26-24-20(21(28)16-6-2-5-9-19(16)30-24)23-25-17-7-3-4-8-18(17)27(22)23/h2-13H,1H3. The lowest BCUT2D eigenvalue weighted by molar-refractivity contribution is 0.415. The van der Waals surface area contributed by atoms with Gasteiger partial charge in [-0.25, -0.2) is 4.98 Å². The number of rotatable bonds is 2. The average Bonchev–Trinajstić information content (AvgIpc) is 3.18. The summed E-state index contributed by atoms with van der Waals surface area (Å²) in [6.45, 7) is 0. The first-order chi connectivity index (χ1) is 14.7. The smallest absolute Gasteiger partial charge is 0.236 e. The molecule has 6 heteroatoms. The van der Waals surface area contributed by atoms with Gasteiger partial charge in [0.15, 0.2) is 5.65 Å². The number of aromatic nitrogens is 3. The Morgan fingerprint density at radius 2 is 1.67 bits per heavy atom. The van der Waals surface area contributed by atoms with Gasteiger partial charge in [0.2, 0.25) is 11.1 Å². The van der Waals surface area contributed by atoms with Gasteiger partial charge in [0.05, 0.1) is 23.5 Å². The molecule has 0 aliphatic heterocycles. The van der Waals surface area contributed by atoms with Crippen LogP contribution in [0.1, 0.15) is 0 Å². The summed E-state index contributed by atoms with van der Waals surface area (Å²) in [6, 6.07) is 22.6. The molecule has 30 heavy (non-hydrogen) atoms. The van der Waals surface area contributed by atoms with E-state index in [1.54, 1.807) is 19.2 Å². The van der Waals surface area contributed by atoms with Gasteiger partial charge < -0.3 is 9.15 Å². The highest BCUT2D eigenvalue weighted by atomic mass is 16.5. The molecule has 6 aromatic rings. The predicted molar refractivity (Wildman–Crippen MR) is 116 cm³/mol. The SMILES string of the molecule is COc1ccc(-c2nc3oc4ccccc4c(=O)c3c3nc4ccccc4n23)cc1. The molecule has 0 atom stereocenters. The number of hydrogen-bond acceptors (Lipinski definition) is 5. The van der Waals surface area contributed by atoms with Crippen molar-refractivity contribution in [1.29, 1.82) is 0 Å². The van der Waals surface area contributed by atoms with E-state index >= 15 is 0 Å². The molecule has 3 heterocycles. The van der Waals surface area contributed by atoms with Crippen molar-refractivity contribution in [1.82, 2.24) is 14.4 Å². The Bertz CT molecular complexity index is 1650. The second-order valence-electron chi connectivity index (χ2n) is 7.03. The summed E-state index contributed by atoms with van der Waals surface area (Å²) < 4.78 is 13.3.